The second-order valence-corrected chi connectivity index (χ2v) is 13.9. The van der Waals surface area contributed by atoms with Crippen LogP contribution in [0.3, 0.4) is 0 Å². The number of benzene rings is 1. The average molecular weight is 455 g/mol. The summed E-state index contributed by atoms with van der Waals surface area (Å²) in [7, 11) is -2.12. The zero-order valence-corrected chi connectivity index (χ0v) is 21.4. The number of hydrogen-bond acceptors (Lipinski definition) is 5. The van der Waals surface area contributed by atoms with Crippen LogP contribution in [0, 0.1) is 0 Å². The topological polar surface area (TPSA) is 68.8 Å². The first-order valence-corrected chi connectivity index (χ1v) is 13.8. The fourth-order valence-corrected chi connectivity index (χ4v) is 4.19. The summed E-state index contributed by atoms with van der Waals surface area (Å²) in [6.45, 7) is 17.8. The molecule has 170 valence electrons. The molecule has 0 radical (unpaired) electrons. The normalized spacial score (nSPS) is 14.3. The largest absolute Gasteiger partial charge is 0.407 e. The van der Waals surface area contributed by atoms with Crippen molar-refractivity contribution in [1.82, 2.24) is 10.6 Å². The molecule has 1 amide bonds. The van der Waals surface area contributed by atoms with E-state index < -0.39 is 20.7 Å². The van der Waals surface area contributed by atoms with Crippen LogP contribution in [0.1, 0.15) is 51.9 Å². The molecule has 2 atom stereocenters. The molecule has 1 aromatic carbocycles. The summed E-state index contributed by atoms with van der Waals surface area (Å²) in [6, 6.07) is 8.72. The molecule has 0 spiro atoms. The van der Waals surface area contributed by atoms with Crippen LogP contribution in [0.4, 0.5) is 0 Å². The summed E-state index contributed by atoms with van der Waals surface area (Å²) in [5, 5.41) is 6.19. The molecule has 2 N–H and O–H groups in total. The molecular weight excluding hydrogens is 416 g/mol. The number of carbonyl (C=O) groups excluding carboxylic acids is 1. The van der Waals surface area contributed by atoms with Crippen LogP contribution in [0.5, 0.6) is 0 Å². The van der Waals surface area contributed by atoms with Crippen LogP contribution in [-0.2, 0) is 13.9 Å². The van der Waals surface area contributed by atoms with E-state index in [1.165, 1.54) is 0 Å². The summed E-state index contributed by atoms with van der Waals surface area (Å²) < 4.78 is 18.4. The maximum Gasteiger partial charge on any atom is 0.257 e. The van der Waals surface area contributed by atoms with Crippen molar-refractivity contribution in [3.63, 3.8) is 0 Å². The highest BCUT2D eigenvalue weighted by molar-refractivity contribution is 7.80. The lowest BCUT2D eigenvalue weighted by atomic mass is 10.2. The molecule has 1 aromatic rings. The standard InChI is InChI=1S/C22H38N2O4SSi/c1-9-26-20(27-10-2)18(28-30(7,8)22(4,5)6)16(3)23-21(29)24-19(25)17-14-12-11-13-15-17/h11-16,18,20H,9-10H2,1-8H3,(H2,23,24,25,29)/t16-,18-/m1/s1. The monoisotopic (exact) mass is 454 g/mol. The van der Waals surface area contributed by atoms with E-state index in [1.807, 2.05) is 39.0 Å². The minimum Gasteiger partial charge on any atom is -0.407 e. The summed E-state index contributed by atoms with van der Waals surface area (Å²) in [6.07, 6.45) is -0.929. The van der Waals surface area contributed by atoms with Crippen molar-refractivity contribution in [2.45, 2.75) is 78.1 Å². The van der Waals surface area contributed by atoms with Crippen LogP contribution >= 0.6 is 12.2 Å². The van der Waals surface area contributed by atoms with E-state index in [4.69, 9.17) is 26.1 Å². The van der Waals surface area contributed by atoms with Gasteiger partial charge in [-0.15, -0.1) is 0 Å². The van der Waals surface area contributed by atoms with Gasteiger partial charge in [0.2, 0.25) is 0 Å². The number of nitrogens with one attached hydrogen (secondary N) is 2. The van der Waals surface area contributed by atoms with Gasteiger partial charge in [0.25, 0.3) is 5.91 Å². The lowest BCUT2D eigenvalue weighted by Gasteiger charge is -2.43. The summed E-state index contributed by atoms with van der Waals surface area (Å²) in [5.41, 5.74) is 0.546. The maximum atomic E-state index is 12.4. The van der Waals surface area contributed by atoms with Gasteiger partial charge < -0.3 is 19.2 Å². The minimum atomic E-state index is -2.12. The Hall–Kier alpha value is -1.32. The van der Waals surface area contributed by atoms with Crippen molar-refractivity contribution in [2.75, 3.05) is 13.2 Å². The molecule has 0 unspecified atom stereocenters. The zero-order valence-electron chi connectivity index (χ0n) is 19.6. The molecule has 8 heteroatoms. The molecule has 0 fully saturated rings. The highest BCUT2D eigenvalue weighted by Crippen LogP contribution is 2.38. The third kappa shape index (κ3) is 8.07. The van der Waals surface area contributed by atoms with Gasteiger partial charge in [-0.2, -0.15) is 0 Å². The molecule has 0 aliphatic heterocycles. The quantitative estimate of drug-likeness (QED) is 0.309. The average Bonchev–Trinajstić information content (AvgIpc) is 2.65. The SMILES string of the molecule is CCOC(OCC)[C@H](O[Si](C)(C)C(C)(C)C)[C@@H](C)NC(=S)NC(=O)c1ccccc1. The summed E-state index contributed by atoms with van der Waals surface area (Å²) in [4.78, 5) is 12.4. The van der Waals surface area contributed by atoms with Crippen molar-refractivity contribution in [3.8, 4) is 0 Å². The minimum absolute atomic E-state index is 0.0238. The molecule has 1 rings (SSSR count). The molecular formula is C22H38N2O4SSi. The summed E-state index contributed by atoms with van der Waals surface area (Å²) in [5.74, 6) is -0.256. The number of hydrogen-bond donors (Lipinski definition) is 2. The van der Waals surface area contributed by atoms with E-state index in [9.17, 15) is 4.79 Å². The maximum absolute atomic E-state index is 12.4. The zero-order chi connectivity index (χ0) is 22.9. The lowest BCUT2D eigenvalue weighted by Crippen LogP contribution is -2.57. The van der Waals surface area contributed by atoms with Gasteiger partial charge >= 0.3 is 0 Å². The third-order valence-electron chi connectivity index (χ3n) is 5.28. The van der Waals surface area contributed by atoms with Crippen LogP contribution < -0.4 is 10.6 Å². The van der Waals surface area contributed by atoms with Crippen molar-refractivity contribution in [3.05, 3.63) is 35.9 Å². The highest BCUT2D eigenvalue weighted by Gasteiger charge is 2.43. The number of ether oxygens (including phenoxy) is 2. The Kier molecular flexibility index (Phi) is 10.6. The Bertz CT molecular complexity index is 673. The molecule has 0 saturated carbocycles. The number of carbonyl (C=O) groups is 1. The first kappa shape index (κ1) is 26.7. The predicted octanol–water partition coefficient (Wildman–Crippen LogP) is 4.47. The molecule has 0 heterocycles. The number of amides is 1. The smallest absolute Gasteiger partial charge is 0.257 e. The van der Waals surface area contributed by atoms with Gasteiger partial charge in [-0.05, 0) is 63.3 Å². The van der Waals surface area contributed by atoms with Gasteiger partial charge in [0.15, 0.2) is 19.7 Å². The third-order valence-corrected chi connectivity index (χ3v) is 9.98. The molecule has 0 saturated heterocycles. The van der Waals surface area contributed by atoms with E-state index in [1.54, 1.807) is 12.1 Å². The second kappa shape index (κ2) is 11.9. The van der Waals surface area contributed by atoms with Gasteiger partial charge in [0.1, 0.15) is 6.10 Å². The van der Waals surface area contributed by atoms with E-state index in [2.05, 4.69) is 44.5 Å². The van der Waals surface area contributed by atoms with Gasteiger partial charge in [-0.3, -0.25) is 10.1 Å². The fourth-order valence-electron chi connectivity index (χ4n) is 2.57. The number of thiocarbonyl (C=S) groups is 1. The molecule has 6 nitrogen and oxygen atoms in total. The molecule has 30 heavy (non-hydrogen) atoms. The van der Waals surface area contributed by atoms with Crippen molar-refractivity contribution in [2.24, 2.45) is 0 Å². The molecule has 0 aliphatic rings. The fraction of sp³-hybridized carbons (Fsp3) is 0.636. The first-order chi connectivity index (χ1) is 13.9. The van der Waals surface area contributed by atoms with Crippen molar-refractivity contribution >= 4 is 31.6 Å². The van der Waals surface area contributed by atoms with Crippen molar-refractivity contribution in [1.29, 1.82) is 0 Å². The Morgan fingerprint density at radius 1 is 1.10 bits per heavy atom. The van der Waals surface area contributed by atoms with Crippen LogP contribution in [-0.4, -0.2) is 51.0 Å². The molecule has 0 aliphatic carbocycles. The Morgan fingerprint density at radius 3 is 2.10 bits per heavy atom. The van der Waals surface area contributed by atoms with Gasteiger partial charge in [0, 0.05) is 18.8 Å². The predicted molar refractivity (Wildman–Crippen MR) is 128 cm³/mol. The van der Waals surface area contributed by atoms with Gasteiger partial charge in [-0.1, -0.05) is 39.0 Å². The Morgan fingerprint density at radius 2 is 1.63 bits per heavy atom. The van der Waals surface area contributed by atoms with Gasteiger partial charge in [-0.25, -0.2) is 0 Å². The van der Waals surface area contributed by atoms with E-state index >= 15 is 0 Å². The van der Waals surface area contributed by atoms with E-state index in [0.717, 1.165) is 0 Å². The van der Waals surface area contributed by atoms with Crippen LogP contribution in [0.2, 0.25) is 18.1 Å². The van der Waals surface area contributed by atoms with E-state index in [0.29, 0.717) is 18.8 Å². The number of rotatable bonds is 10. The molecule has 0 aromatic heterocycles. The first-order valence-electron chi connectivity index (χ1n) is 10.5. The van der Waals surface area contributed by atoms with Crippen LogP contribution in [0.15, 0.2) is 30.3 Å². The Balaban J connectivity index is 2.96. The lowest BCUT2D eigenvalue weighted by molar-refractivity contribution is -0.190. The Labute approximate surface area is 188 Å². The summed E-state index contributed by atoms with van der Waals surface area (Å²) >= 11 is 5.39. The molecule has 0 bridgehead atoms. The second-order valence-electron chi connectivity index (χ2n) is 8.70. The van der Waals surface area contributed by atoms with E-state index in [-0.39, 0.29) is 22.1 Å². The highest BCUT2D eigenvalue weighted by atomic mass is 32.1. The van der Waals surface area contributed by atoms with Gasteiger partial charge in [0.05, 0.1) is 6.04 Å². The van der Waals surface area contributed by atoms with Crippen molar-refractivity contribution < 1.29 is 18.7 Å². The van der Waals surface area contributed by atoms with Crippen LogP contribution in [0.25, 0.3) is 0 Å².